The molecule has 1 aromatic rings. The lowest BCUT2D eigenvalue weighted by Gasteiger charge is -2.17. The Labute approximate surface area is 108 Å². The summed E-state index contributed by atoms with van der Waals surface area (Å²) in [5, 5.41) is 2.82. The second kappa shape index (κ2) is 6.90. The number of aryl methyl sites for hydroxylation is 1. The van der Waals surface area contributed by atoms with Crippen LogP contribution in [0.5, 0.6) is 0 Å². The number of nitrogens with zero attached hydrogens (tertiary/aromatic N) is 3. The average Bonchev–Trinajstić information content (AvgIpc) is 2.35. The minimum Gasteiger partial charge on any atom is -0.355 e. The number of aromatic nitrogens is 2. The van der Waals surface area contributed by atoms with Gasteiger partial charge in [-0.3, -0.25) is 4.79 Å². The van der Waals surface area contributed by atoms with E-state index in [2.05, 4.69) is 15.3 Å². The van der Waals surface area contributed by atoms with Crippen LogP contribution in [-0.2, 0) is 11.3 Å². The minimum absolute atomic E-state index is 0.0289. The highest BCUT2D eigenvalue weighted by molar-refractivity contribution is 5.80. The van der Waals surface area contributed by atoms with Gasteiger partial charge >= 0.3 is 0 Å². The van der Waals surface area contributed by atoms with E-state index in [0.717, 1.165) is 17.8 Å². The Morgan fingerprint density at radius 2 is 2.22 bits per heavy atom. The molecule has 0 fully saturated rings. The molecule has 18 heavy (non-hydrogen) atoms. The third-order valence-electron chi connectivity index (χ3n) is 2.40. The maximum atomic E-state index is 11.6. The van der Waals surface area contributed by atoms with Gasteiger partial charge in [0.1, 0.15) is 0 Å². The molecule has 100 valence electrons. The van der Waals surface area contributed by atoms with Gasteiger partial charge in [0, 0.05) is 25.8 Å². The molecule has 0 aromatic carbocycles. The largest absolute Gasteiger partial charge is 0.355 e. The van der Waals surface area contributed by atoms with E-state index in [1.807, 2.05) is 19.9 Å². The molecule has 0 saturated heterocycles. The molecule has 6 nitrogen and oxygen atoms in total. The van der Waals surface area contributed by atoms with Gasteiger partial charge in [-0.15, -0.1) is 0 Å². The van der Waals surface area contributed by atoms with Gasteiger partial charge in [-0.25, -0.2) is 9.97 Å². The fourth-order valence-electron chi connectivity index (χ4n) is 1.50. The molecule has 3 N–H and O–H groups in total. The Balaban J connectivity index is 2.68. The first-order valence-corrected chi connectivity index (χ1v) is 6.09. The number of carbonyl (C=O) groups excluding carboxylic acids is 1. The van der Waals surface area contributed by atoms with Crippen LogP contribution in [0, 0.1) is 6.92 Å². The highest BCUT2D eigenvalue weighted by atomic mass is 16.2. The van der Waals surface area contributed by atoms with Gasteiger partial charge in [-0.2, -0.15) is 0 Å². The summed E-state index contributed by atoms with van der Waals surface area (Å²) in [5.41, 5.74) is 7.19. The molecular formula is C12H21N5O. The van der Waals surface area contributed by atoms with E-state index >= 15 is 0 Å². The summed E-state index contributed by atoms with van der Waals surface area (Å²) in [6, 6.07) is 1.84. The third-order valence-corrected chi connectivity index (χ3v) is 2.40. The van der Waals surface area contributed by atoms with Crippen molar-refractivity contribution in [2.75, 3.05) is 25.0 Å². The van der Waals surface area contributed by atoms with Crippen molar-refractivity contribution in [3.63, 3.8) is 0 Å². The summed E-state index contributed by atoms with van der Waals surface area (Å²) in [5.74, 6) is 0.501. The Hall–Kier alpha value is -1.69. The monoisotopic (exact) mass is 251 g/mol. The van der Waals surface area contributed by atoms with Crippen molar-refractivity contribution in [1.29, 1.82) is 0 Å². The van der Waals surface area contributed by atoms with Crippen molar-refractivity contribution < 1.29 is 4.79 Å². The van der Waals surface area contributed by atoms with Crippen LogP contribution >= 0.6 is 0 Å². The molecule has 1 rings (SSSR count). The summed E-state index contributed by atoms with van der Waals surface area (Å²) in [4.78, 5) is 21.9. The zero-order valence-corrected chi connectivity index (χ0v) is 11.2. The van der Waals surface area contributed by atoms with Crippen molar-refractivity contribution in [2.24, 2.45) is 5.73 Å². The van der Waals surface area contributed by atoms with E-state index in [0.29, 0.717) is 19.0 Å². The molecule has 1 amide bonds. The molecule has 6 heteroatoms. The van der Waals surface area contributed by atoms with E-state index in [4.69, 9.17) is 5.73 Å². The van der Waals surface area contributed by atoms with Gasteiger partial charge in [0.15, 0.2) is 0 Å². The van der Waals surface area contributed by atoms with E-state index < -0.39 is 0 Å². The summed E-state index contributed by atoms with van der Waals surface area (Å²) in [7, 11) is 1.79. The van der Waals surface area contributed by atoms with Crippen LogP contribution in [0.25, 0.3) is 0 Å². The Kier molecular flexibility index (Phi) is 5.51. The summed E-state index contributed by atoms with van der Waals surface area (Å²) in [6.07, 6.45) is 0.924. The smallest absolute Gasteiger partial charge is 0.239 e. The van der Waals surface area contributed by atoms with Crippen LogP contribution in [-0.4, -0.2) is 36.0 Å². The van der Waals surface area contributed by atoms with Crippen molar-refractivity contribution in [3.8, 4) is 0 Å². The molecule has 0 aliphatic rings. The lowest BCUT2D eigenvalue weighted by molar-refractivity contribution is -0.119. The first-order valence-electron chi connectivity index (χ1n) is 6.09. The Morgan fingerprint density at radius 1 is 1.50 bits per heavy atom. The van der Waals surface area contributed by atoms with Crippen LogP contribution < -0.4 is 16.0 Å². The van der Waals surface area contributed by atoms with Gasteiger partial charge in [0.2, 0.25) is 11.9 Å². The van der Waals surface area contributed by atoms with Gasteiger partial charge in [0.25, 0.3) is 0 Å². The maximum Gasteiger partial charge on any atom is 0.239 e. The molecule has 0 unspecified atom stereocenters. The second-order valence-corrected chi connectivity index (χ2v) is 4.21. The van der Waals surface area contributed by atoms with E-state index in [-0.39, 0.29) is 12.5 Å². The summed E-state index contributed by atoms with van der Waals surface area (Å²) in [6.45, 7) is 5.20. The van der Waals surface area contributed by atoms with Gasteiger partial charge in [0.05, 0.1) is 12.2 Å². The van der Waals surface area contributed by atoms with Crippen LogP contribution in [0.4, 0.5) is 5.95 Å². The van der Waals surface area contributed by atoms with E-state index in [1.165, 1.54) is 0 Å². The minimum atomic E-state index is -0.0289. The molecule has 0 aliphatic carbocycles. The third kappa shape index (κ3) is 4.29. The van der Waals surface area contributed by atoms with Crippen LogP contribution in [0.2, 0.25) is 0 Å². The normalized spacial score (nSPS) is 10.2. The van der Waals surface area contributed by atoms with Crippen molar-refractivity contribution in [2.45, 2.75) is 26.8 Å². The van der Waals surface area contributed by atoms with Gasteiger partial charge in [-0.05, 0) is 19.4 Å². The van der Waals surface area contributed by atoms with Gasteiger partial charge in [-0.1, -0.05) is 6.92 Å². The zero-order valence-electron chi connectivity index (χ0n) is 11.2. The number of rotatable bonds is 6. The van der Waals surface area contributed by atoms with Crippen LogP contribution in [0.1, 0.15) is 24.7 Å². The first-order chi connectivity index (χ1) is 8.56. The highest BCUT2D eigenvalue weighted by Gasteiger charge is 2.10. The molecular weight excluding hydrogens is 230 g/mol. The molecule has 0 spiro atoms. The number of amides is 1. The van der Waals surface area contributed by atoms with Crippen LogP contribution in [0.3, 0.4) is 0 Å². The molecule has 0 bridgehead atoms. The first kappa shape index (κ1) is 14.4. The topological polar surface area (TPSA) is 84.1 Å². The number of carbonyl (C=O) groups is 1. The quantitative estimate of drug-likeness (QED) is 0.755. The molecule has 1 heterocycles. The number of nitrogens with one attached hydrogen (secondary N) is 1. The molecule has 0 atom stereocenters. The molecule has 1 aromatic heterocycles. The standard InChI is InChI=1S/C12H21N5O/c1-4-5-14-11(18)8-17(3)12-15-9(2)6-10(7-13)16-12/h6H,4-5,7-8,13H2,1-3H3,(H,14,18). The maximum absolute atomic E-state index is 11.6. The highest BCUT2D eigenvalue weighted by Crippen LogP contribution is 2.08. The number of nitrogens with two attached hydrogens (primary N) is 1. The molecule has 0 saturated carbocycles. The fourth-order valence-corrected chi connectivity index (χ4v) is 1.50. The predicted molar refractivity (Wildman–Crippen MR) is 71.2 cm³/mol. The number of hydrogen-bond donors (Lipinski definition) is 2. The van der Waals surface area contributed by atoms with E-state index in [9.17, 15) is 4.79 Å². The van der Waals surface area contributed by atoms with Crippen molar-refractivity contribution in [1.82, 2.24) is 15.3 Å². The number of likely N-dealkylation sites (N-methyl/N-ethyl adjacent to an activating group) is 1. The van der Waals surface area contributed by atoms with Gasteiger partial charge < -0.3 is 16.0 Å². The average molecular weight is 251 g/mol. The SMILES string of the molecule is CCCNC(=O)CN(C)c1nc(C)cc(CN)n1. The molecule has 0 aliphatic heterocycles. The van der Waals surface area contributed by atoms with Crippen molar-refractivity contribution in [3.05, 3.63) is 17.5 Å². The summed E-state index contributed by atoms with van der Waals surface area (Å²) < 4.78 is 0. The number of anilines is 1. The predicted octanol–water partition coefficient (Wildman–Crippen LogP) is 0.206. The second-order valence-electron chi connectivity index (χ2n) is 4.21. The van der Waals surface area contributed by atoms with Crippen LogP contribution in [0.15, 0.2) is 6.07 Å². The van der Waals surface area contributed by atoms with Crippen molar-refractivity contribution >= 4 is 11.9 Å². The Morgan fingerprint density at radius 3 is 2.83 bits per heavy atom. The molecule has 0 radical (unpaired) electrons. The summed E-state index contributed by atoms with van der Waals surface area (Å²) >= 11 is 0. The Bertz CT molecular complexity index is 407. The zero-order chi connectivity index (χ0) is 13.5. The van der Waals surface area contributed by atoms with E-state index in [1.54, 1.807) is 11.9 Å². The fraction of sp³-hybridized carbons (Fsp3) is 0.583. The lowest BCUT2D eigenvalue weighted by atomic mass is 10.3. The lowest BCUT2D eigenvalue weighted by Crippen LogP contribution is -2.36. The number of hydrogen-bond acceptors (Lipinski definition) is 5.